The molecule has 11 aromatic rings. The van der Waals surface area contributed by atoms with Crippen molar-refractivity contribution in [3.8, 4) is 55.3 Å². The van der Waals surface area contributed by atoms with Crippen molar-refractivity contribution >= 4 is 54.9 Å². The molecule has 0 bridgehead atoms. The van der Waals surface area contributed by atoms with Gasteiger partial charge in [0.25, 0.3) is 0 Å². The highest BCUT2D eigenvalue weighted by molar-refractivity contribution is 7.18. The van der Waals surface area contributed by atoms with Crippen LogP contribution in [0.1, 0.15) is 0 Å². The Morgan fingerprint density at radius 1 is 0.455 bits per heavy atom. The third-order valence-corrected chi connectivity index (χ3v) is 11.2. The lowest BCUT2D eigenvalue weighted by Crippen LogP contribution is -2.04. The van der Waals surface area contributed by atoms with Crippen LogP contribution in [-0.4, -0.2) is 34.3 Å². The minimum Gasteiger partial charge on any atom is -0.309 e. The molecule has 0 N–H and O–H groups in total. The van der Waals surface area contributed by atoms with Gasteiger partial charge < -0.3 is 4.57 Å². The van der Waals surface area contributed by atoms with Gasteiger partial charge in [0.2, 0.25) is 5.95 Å². The molecule has 0 aliphatic heterocycles. The summed E-state index contributed by atoms with van der Waals surface area (Å²) in [6, 6.07) is 56.7. The Morgan fingerprint density at radius 2 is 1.05 bits per heavy atom. The van der Waals surface area contributed by atoms with Crippen LogP contribution in [0.25, 0.3) is 98.9 Å². The molecule has 0 unspecified atom stereocenters. The second kappa shape index (κ2) is 12.7. The van der Waals surface area contributed by atoms with Gasteiger partial charge in [-0.2, -0.15) is 0 Å². The SMILES string of the molecule is c1ccc(-c2cc(-c3cccnc3)nc(-n3c4ccccc4c4c(-c5nnc(-c6cccc7c8ccccc8n(-c8ccccc8)c67)s5)cccc43)n2)cc1. The summed E-state index contributed by atoms with van der Waals surface area (Å²) in [4.78, 5) is 14.8. The zero-order chi connectivity index (χ0) is 36.3. The Balaban J connectivity index is 1.12. The van der Waals surface area contributed by atoms with Crippen LogP contribution < -0.4 is 0 Å². The van der Waals surface area contributed by atoms with Crippen LogP contribution >= 0.6 is 11.3 Å². The van der Waals surface area contributed by atoms with Gasteiger partial charge in [-0.05, 0) is 54.6 Å². The monoisotopic (exact) mass is 723 g/mol. The molecule has 0 fully saturated rings. The minimum atomic E-state index is 0.585. The Bertz CT molecular complexity index is 3140. The molecule has 0 atom stereocenters. The third-order valence-electron chi connectivity index (χ3n) is 10.2. The summed E-state index contributed by atoms with van der Waals surface area (Å²) in [5, 5.41) is 16.0. The Kier molecular flexibility index (Phi) is 7.21. The largest absolute Gasteiger partial charge is 0.309 e. The fraction of sp³-hybridized carbons (Fsp3) is 0. The first kappa shape index (κ1) is 31.3. The number of nitrogens with zero attached hydrogens (tertiary/aromatic N) is 7. The number of hydrogen-bond donors (Lipinski definition) is 0. The second-order valence-electron chi connectivity index (χ2n) is 13.4. The summed E-state index contributed by atoms with van der Waals surface area (Å²) in [7, 11) is 0. The van der Waals surface area contributed by atoms with Gasteiger partial charge in [-0.25, -0.2) is 9.97 Å². The van der Waals surface area contributed by atoms with Crippen molar-refractivity contribution in [3.05, 3.63) is 176 Å². The highest BCUT2D eigenvalue weighted by Gasteiger charge is 2.23. The predicted octanol–water partition coefficient (Wildman–Crippen LogP) is 11.6. The van der Waals surface area contributed by atoms with Crippen LogP contribution in [0, 0.1) is 0 Å². The van der Waals surface area contributed by atoms with E-state index in [9.17, 15) is 0 Å². The zero-order valence-corrected chi connectivity index (χ0v) is 30.1. The number of fused-ring (bicyclic) bond motifs is 6. The predicted molar refractivity (Wildman–Crippen MR) is 224 cm³/mol. The van der Waals surface area contributed by atoms with E-state index in [0.717, 1.165) is 82.2 Å². The van der Waals surface area contributed by atoms with E-state index >= 15 is 0 Å². The summed E-state index contributed by atoms with van der Waals surface area (Å²) in [5.41, 5.74) is 11.0. The maximum atomic E-state index is 5.20. The molecular formula is C47H29N7S. The fourth-order valence-corrected chi connectivity index (χ4v) is 8.75. The third kappa shape index (κ3) is 5.07. The molecule has 0 spiro atoms. The van der Waals surface area contributed by atoms with E-state index in [1.165, 1.54) is 10.8 Å². The van der Waals surface area contributed by atoms with Gasteiger partial charge in [0.05, 0.1) is 33.5 Å². The van der Waals surface area contributed by atoms with Gasteiger partial charge >= 0.3 is 0 Å². The zero-order valence-electron chi connectivity index (χ0n) is 29.3. The lowest BCUT2D eigenvalue weighted by atomic mass is 10.1. The number of pyridine rings is 1. The van der Waals surface area contributed by atoms with Gasteiger partial charge in [0, 0.05) is 61.9 Å². The van der Waals surface area contributed by atoms with E-state index in [4.69, 9.17) is 20.2 Å². The molecule has 0 saturated heterocycles. The maximum Gasteiger partial charge on any atom is 0.235 e. The molecule has 5 heterocycles. The molecule has 0 saturated carbocycles. The molecule has 7 nitrogen and oxygen atoms in total. The quantitative estimate of drug-likeness (QED) is 0.171. The molecule has 6 aromatic carbocycles. The van der Waals surface area contributed by atoms with E-state index in [-0.39, 0.29) is 0 Å². The highest BCUT2D eigenvalue weighted by atomic mass is 32.1. The van der Waals surface area contributed by atoms with Gasteiger partial charge in [-0.3, -0.25) is 9.55 Å². The molecule has 0 amide bonds. The first-order valence-electron chi connectivity index (χ1n) is 18.1. The molecular weight excluding hydrogens is 695 g/mol. The smallest absolute Gasteiger partial charge is 0.235 e. The first-order chi connectivity index (χ1) is 27.3. The topological polar surface area (TPSA) is 74.3 Å². The molecule has 8 heteroatoms. The summed E-state index contributed by atoms with van der Waals surface area (Å²) >= 11 is 1.61. The number of hydrogen-bond acceptors (Lipinski definition) is 6. The van der Waals surface area contributed by atoms with Crippen molar-refractivity contribution < 1.29 is 0 Å². The molecule has 5 aromatic heterocycles. The first-order valence-corrected chi connectivity index (χ1v) is 18.9. The Labute approximate surface area is 319 Å². The van der Waals surface area contributed by atoms with Gasteiger partial charge in [0.15, 0.2) is 0 Å². The number of benzene rings is 6. The van der Waals surface area contributed by atoms with Crippen LogP contribution in [-0.2, 0) is 0 Å². The molecule has 258 valence electrons. The molecule has 0 radical (unpaired) electrons. The molecule has 0 aliphatic carbocycles. The van der Waals surface area contributed by atoms with Gasteiger partial charge in [0.1, 0.15) is 10.0 Å². The minimum absolute atomic E-state index is 0.585. The number of rotatable bonds is 6. The average molecular weight is 724 g/mol. The number of aromatic nitrogens is 7. The average Bonchev–Trinajstić information content (AvgIpc) is 3.98. The van der Waals surface area contributed by atoms with E-state index < -0.39 is 0 Å². The van der Waals surface area contributed by atoms with Crippen molar-refractivity contribution in [2.24, 2.45) is 0 Å². The maximum absolute atomic E-state index is 5.20. The summed E-state index contributed by atoms with van der Waals surface area (Å²) < 4.78 is 4.51. The Morgan fingerprint density at radius 3 is 1.84 bits per heavy atom. The van der Waals surface area contributed by atoms with Crippen LogP contribution in [0.5, 0.6) is 0 Å². The molecule has 11 rings (SSSR count). The Hall–Kier alpha value is -7.29. The summed E-state index contributed by atoms with van der Waals surface area (Å²) in [6.45, 7) is 0. The number of para-hydroxylation sites is 4. The highest BCUT2D eigenvalue weighted by Crippen LogP contribution is 2.43. The van der Waals surface area contributed by atoms with Crippen molar-refractivity contribution in [2.75, 3.05) is 0 Å². The van der Waals surface area contributed by atoms with Crippen LogP contribution in [0.2, 0.25) is 0 Å². The van der Waals surface area contributed by atoms with Crippen molar-refractivity contribution in [2.45, 2.75) is 0 Å². The van der Waals surface area contributed by atoms with Crippen molar-refractivity contribution in [1.29, 1.82) is 0 Å². The van der Waals surface area contributed by atoms with E-state index in [2.05, 4.69) is 142 Å². The van der Waals surface area contributed by atoms with E-state index in [1.807, 2.05) is 42.6 Å². The lowest BCUT2D eigenvalue weighted by Gasteiger charge is -2.11. The van der Waals surface area contributed by atoms with Crippen LogP contribution in [0.4, 0.5) is 0 Å². The molecule has 0 aliphatic rings. The van der Waals surface area contributed by atoms with Crippen molar-refractivity contribution in [3.63, 3.8) is 0 Å². The van der Waals surface area contributed by atoms with E-state index in [1.54, 1.807) is 17.5 Å². The van der Waals surface area contributed by atoms with Crippen LogP contribution in [0.15, 0.2) is 176 Å². The fourth-order valence-electron chi connectivity index (χ4n) is 7.84. The normalized spacial score (nSPS) is 11.6. The van der Waals surface area contributed by atoms with Crippen molar-refractivity contribution in [1.82, 2.24) is 34.3 Å². The summed E-state index contributed by atoms with van der Waals surface area (Å²) in [6.07, 6.45) is 3.62. The standard InChI is InChI=1S/C47H29N7S/c1-3-14-30(15-4-1)38-28-39(31-16-13-27-48-29-31)50-47(49-38)54-41-25-10-8-20-35(41)43-36(22-12-26-42(43)54)45-51-52-46(55-45)37-23-11-21-34-33-19-7-9-24-40(33)53(44(34)37)32-17-5-2-6-18-32/h1-29H. The molecule has 55 heavy (non-hydrogen) atoms. The summed E-state index contributed by atoms with van der Waals surface area (Å²) in [5.74, 6) is 0.585. The van der Waals surface area contributed by atoms with Crippen LogP contribution in [0.3, 0.4) is 0 Å². The van der Waals surface area contributed by atoms with Gasteiger partial charge in [-0.15, -0.1) is 10.2 Å². The van der Waals surface area contributed by atoms with Gasteiger partial charge in [-0.1, -0.05) is 121 Å². The lowest BCUT2D eigenvalue weighted by molar-refractivity contribution is 0.995. The van der Waals surface area contributed by atoms with E-state index in [0.29, 0.717) is 5.95 Å². The second-order valence-corrected chi connectivity index (χ2v) is 14.4.